The second kappa shape index (κ2) is 13.0. The molecule has 9 heteroatoms. The molecule has 0 spiro atoms. The van der Waals surface area contributed by atoms with E-state index in [1.165, 1.54) is 23.9 Å². The van der Waals surface area contributed by atoms with Gasteiger partial charge in [0.05, 0.1) is 29.5 Å². The molecule has 1 aromatic heterocycles. The Morgan fingerprint density at radius 2 is 1.73 bits per heavy atom. The second-order valence-corrected chi connectivity index (χ2v) is 12.1. The summed E-state index contributed by atoms with van der Waals surface area (Å²) < 4.78 is 21.0. The molecule has 0 saturated carbocycles. The highest BCUT2D eigenvalue weighted by Gasteiger charge is 2.38. The lowest BCUT2D eigenvalue weighted by atomic mass is 9.99. The normalized spacial score (nSPS) is 14.5. The van der Waals surface area contributed by atoms with Crippen LogP contribution in [-0.4, -0.2) is 41.0 Å². The van der Waals surface area contributed by atoms with Crippen LogP contribution >= 0.6 is 11.8 Å². The molecule has 0 unspecified atom stereocenters. The van der Waals surface area contributed by atoms with Crippen LogP contribution in [0, 0.1) is 19.7 Å². The first-order valence-electron chi connectivity index (χ1n) is 14.7. The van der Waals surface area contributed by atoms with Gasteiger partial charge in [-0.05, 0) is 49.2 Å². The molecule has 0 fully saturated rings. The number of halogens is 1. The van der Waals surface area contributed by atoms with Gasteiger partial charge in [0.25, 0.3) is 0 Å². The summed E-state index contributed by atoms with van der Waals surface area (Å²) in [6.45, 7) is 4.05. The van der Waals surface area contributed by atoms with Crippen molar-refractivity contribution in [3.05, 3.63) is 131 Å². The minimum atomic E-state index is -0.344. The minimum Gasteiger partial charge on any atom is -0.496 e. The fourth-order valence-corrected chi connectivity index (χ4v) is 6.89. The Kier molecular flexibility index (Phi) is 8.71. The van der Waals surface area contributed by atoms with E-state index in [1.54, 1.807) is 24.1 Å². The van der Waals surface area contributed by atoms with Gasteiger partial charge in [-0.1, -0.05) is 78.4 Å². The number of carbonyl (C=O) groups is 2. The van der Waals surface area contributed by atoms with E-state index in [0.29, 0.717) is 11.6 Å². The van der Waals surface area contributed by atoms with Crippen molar-refractivity contribution in [1.82, 2.24) is 15.1 Å². The number of nitrogens with one attached hydrogen (secondary N) is 1. The first-order valence-corrected chi connectivity index (χ1v) is 15.7. The van der Waals surface area contributed by atoms with E-state index in [0.717, 1.165) is 44.8 Å². The molecule has 45 heavy (non-hydrogen) atoms. The van der Waals surface area contributed by atoms with E-state index in [1.807, 2.05) is 85.3 Å². The van der Waals surface area contributed by atoms with Crippen molar-refractivity contribution < 1.29 is 18.7 Å². The van der Waals surface area contributed by atoms with E-state index >= 15 is 0 Å². The highest BCUT2D eigenvalue weighted by atomic mass is 32.2. The van der Waals surface area contributed by atoms with Gasteiger partial charge in [-0.15, -0.1) is 11.8 Å². The summed E-state index contributed by atoms with van der Waals surface area (Å²) in [5, 5.41) is 7.78. The first kappa shape index (κ1) is 30.1. The topological polar surface area (TPSA) is 76.5 Å². The van der Waals surface area contributed by atoms with E-state index < -0.39 is 0 Å². The number of methoxy groups -OCH3 is 1. The summed E-state index contributed by atoms with van der Waals surface area (Å²) in [4.78, 5) is 29.1. The number of para-hydroxylation sites is 1. The Bertz CT molecular complexity index is 1860. The molecular weight excluding hydrogens is 587 g/mol. The molecule has 1 N–H and O–H groups in total. The molecule has 2 amide bonds. The SMILES string of the molecule is COc1ccccc1[C@H]1SCC(=O)N(CC(=O)NCc2ccc(F)cc2)c2c1c(-c1ccccc1)nn2-c1ccc(C)cc1C. The van der Waals surface area contributed by atoms with Crippen molar-refractivity contribution >= 4 is 29.4 Å². The molecule has 4 aromatic carbocycles. The number of rotatable bonds is 8. The number of fused-ring (bicyclic) bond motifs is 1. The molecule has 1 aliphatic rings. The maximum absolute atomic E-state index is 14.0. The number of aryl methyl sites for hydroxylation is 2. The Labute approximate surface area is 266 Å². The first-order chi connectivity index (χ1) is 21.8. The average Bonchev–Trinajstić information content (AvgIpc) is 3.37. The Hall–Kier alpha value is -4.89. The van der Waals surface area contributed by atoms with Crippen LogP contribution in [0.4, 0.5) is 10.2 Å². The zero-order valence-corrected chi connectivity index (χ0v) is 26.1. The van der Waals surface area contributed by atoms with E-state index in [4.69, 9.17) is 9.84 Å². The van der Waals surface area contributed by atoms with Gasteiger partial charge >= 0.3 is 0 Å². The predicted molar refractivity (Wildman–Crippen MR) is 176 cm³/mol. The quantitative estimate of drug-likeness (QED) is 0.207. The number of thioether (sulfide) groups is 1. The maximum Gasteiger partial charge on any atom is 0.240 e. The third-order valence-corrected chi connectivity index (χ3v) is 9.08. The molecule has 2 heterocycles. The molecular formula is C36H33FN4O3S. The van der Waals surface area contributed by atoms with Crippen molar-refractivity contribution in [2.24, 2.45) is 0 Å². The molecule has 6 rings (SSSR count). The summed E-state index contributed by atoms with van der Waals surface area (Å²) in [6.07, 6.45) is 0. The van der Waals surface area contributed by atoms with Crippen molar-refractivity contribution in [2.75, 3.05) is 24.3 Å². The molecule has 0 bridgehead atoms. The molecule has 228 valence electrons. The van der Waals surface area contributed by atoms with Crippen molar-refractivity contribution in [1.29, 1.82) is 0 Å². The number of ether oxygens (including phenoxy) is 1. The number of nitrogens with zero attached hydrogens (tertiary/aromatic N) is 3. The second-order valence-electron chi connectivity index (χ2n) is 11.0. The fourth-order valence-electron chi connectivity index (χ4n) is 5.67. The number of hydrogen-bond acceptors (Lipinski definition) is 5. The summed E-state index contributed by atoms with van der Waals surface area (Å²) in [6, 6.07) is 29.8. The molecule has 1 atom stereocenters. The smallest absolute Gasteiger partial charge is 0.240 e. The number of amides is 2. The van der Waals surface area contributed by atoms with Gasteiger partial charge in [-0.2, -0.15) is 5.10 Å². The maximum atomic E-state index is 14.0. The predicted octanol–water partition coefficient (Wildman–Crippen LogP) is 6.79. The van der Waals surface area contributed by atoms with E-state index in [2.05, 4.69) is 11.4 Å². The monoisotopic (exact) mass is 620 g/mol. The third-order valence-electron chi connectivity index (χ3n) is 7.84. The van der Waals surface area contributed by atoms with Crippen LogP contribution in [0.1, 0.15) is 33.1 Å². The number of carbonyl (C=O) groups excluding carboxylic acids is 2. The average molecular weight is 621 g/mol. The largest absolute Gasteiger partial charge is 0.496 e. The number of aromatic nitrogens is 2. The van der Waals surface area contributed by atoms with Gasteiger partial charge in [0.2, 0.25) is 11.8 Å². The zero-order chi connectivity index (χ0) is 31.5. The lowest BCUT2D eigenvalue weighted by Gasteiger charge is -2.24. The zero-order valence-electron chi connectivity index (χ0n) is 25.3. The lowest BCUT2D eigenvalue weighted by molar-refractivity contribution is -0.123. The highest BCUT2D eigenvalue weighted by molar-refractivity contribution is 8.00. The van der Waals surface area contributed by atoms with Gasteiger partial charge in [-0.25, -0.2) is 9.07 Å². The standard InChI is InChI=1S/C36H33FN4O3S/c1-23-13-18-29(24(2)19-23)41-36-33(34(39-41)26-9-5-4-6-10-26)35(28-11-7-8-12-30(28)44-3)45-22-32(43)40(36)21-31(42)38-20-25-14-16-27(37)17-15-25/h4-19,35H,20-22H2,1-3H3,(H,38,42)/t35-/m1/s1. The van der Waals surface area contributed by atoms with Gasteiger partial charge < -0.3 is 10.1 Å². The van der Waals surface area contributed by atoms with Crippen LogP contribution in [0.2, 0.25) is 0 Å². The highest BCUT2D eigenvalue weighted by Crippen LogP contribution is 2.50. The fraction of sp³-hybridized carbons (Fsp3) is 0.194. The van der Waals surface area contributed by atoms with Crippen LogP contribution < -0.4 is 15.0 Å². The van der Waals surface area contributed by atoms with Crippen LogP contribution in [0.25, 0.3) is 16.9 Å². The van der Waals surface area contributed by atoms with Crippen LogP contribution in [0.3, 0.4) is 0 Å². The summed E-state index contributed by atoms with van der Waals surface area (Å²) in [5.41, 5.74) is 7.02. The molecule has 0 saturated heterocycles. The van der Waals surface area contributed by atoms with E-state index in [9.17, 15) is 14.0 Å². The molecule has 0 aliphatic carbocycles. The molecule has 7 nitrogen and oxygen atoms in total. The minimum absolute atomic E-state index is 0.143. The Morgan fingerprint density at radius 3 is 2.47 bits per heavy atom. The van der Waals surface area contributed by atoms with Crippen molar-refractivity contribution in [3.63, 3.8) is 0 Å². The number of benzene rings is 4. The number of hydrogen-bond donors (Lipinski definition) is 1. The summed E-state index contributed by atoms with van der Waals surface area (Å²) in [7, 11) is 1.64. The van der Waals surface area contributed by atoms with Crippen LogP contribution in [0.15, 0.2) is 97.1 Å². The molecule has 0 radical (unpaired) electrons. The van der Waals surface area contributed by atoms with Crippen molar-refractivity contribution in [3.8, 4) is 22.7 Å². The molecule has 1 aliphatic heterocycles. The third kappa shape index (κ3) is 6.21. The van der Waals surface area contributed by atoms with Crippen LogP contribution in [0.5, 0.6) is 5.75 Å². The molecule has 5 aromatic rings. The summed E-state index contributed by atoms with van der Waals surface area (Å²) in [5.74, 6) is 0.503. The Balaban J connectivity index is 1.53. The summed E-state index contributed by atoms with van der Waals surface area (Å²) >= 11 is 1.49. The van der Waals surface area contributed by atoms with Gasteiger partial charge in [0.1, 0.15) is 23.9 Å². The van der Waals surface area contributed by atoms with Gasteiger partial charge in [0, 0.05) is 23.2 Å². The Morgan fingerprint density at radius 1 is 1.00 bits per heavy atom. The van der Waals surface area contributed by atoms with E-state index in [-0.39, 0.29) is 41.7 Å². The van der Waals surface area contributed by atoms with Gasteiger partial charge in [-0.3, -0.25) is 14.5 Å². The van der Waals surface area contributed by atoms with Crippen LogP contribution in [-0.2, 0) is 16.1 Å². The lowest BCUT2D eigenvalue weighted by Crippen LogP contribution is -2.42. The van der Waals surface area contributed by atoms with Crippen molar-refractivity contribution in [2.45, 2.75) is 25.6 Å². The number of anilines is 1. The van der Waals surface area contributed by atoms with Gasteiger partial charge in [0.15, 0.2) is 0 Å².